The number of benzene rings is 1. The van der Waals surface area contributed by atoms with Crippen molar-refractivity contribution >= 4 is 0 Å². The molecule has 3 heteroatoms. The normalized spacial score (nSPS) is 16.6. The van der Waals surface area contributed by atoms with E-state index in [-0.39, 0.29) is 0 Å². The van der Waals surface area contributed by atoms with Crippen LogP contribution in [0.25, 0.3) is 0 Å². The monoisotopic (exact) mass is 192 g/mol. The number of likely N-dealkylation sites (tertiary alicyclic amines) is 1. The number of rotatable bonds is 3. The lowest BCUT2D eigenvalue weighted by Crippen LogP contribution is -2.36. The molecule has 0 unspecified atom stereocenters. The fourth-order valence-corrected chi connectivity index (χ4v) is 1.70. The number of hydrogen-bond donors (Lipinski definition) is 2. The van der Waals surface area contributed by atoms with Gasteiger partial charge in [-0.05, 0) is 37.2 Å². The van der Waals surface area contributed by atoms with E-state index in [1.54, 1.807) is 6.07 Å². The van der Waals surface area contributed by atoms with E-state index >= 15 is 0 Å². The summed E-state index contributed by atoms with van der Waals surface area (Å²) in [6, 6.07) is 5.69. The molecular weight excluding hydrogens is 176 g/mol. The zero-order chi connectivity index (χ0) is 9.97. The van der Waals surface area contributed by atoms with Crippen LogP contribution in [0.4, 0.5) is 0 Å². The molecular formula is C11H16N2O. The van der Waals surface area contributed by atoms with Gasteiger partial charge in [0.05, 0.1) is 0 Å². The molecule has 0 amide bonds. The summed E-state index contributed by atoms with van der Waals surface area (Å²) in [5.74, 6) is 0.305. The van der Waals surface area contributed by atoms with Crippen LogP contribution in [0, 0.1) is 0 Å². The third-order valence-electron chi connectivity index (χ3n) is 2.72. The fourth-order valence-electron chi connectivity index (χ4n) is 1.70. The maximum Gasteiger partial charge on any atom is 0.120 e. The molecule has 3 nitrogen and oxygen atoms in total. The summed E-state index contributed by atoms with van der Waals surface area (Å²) in [7, 11) is 0. The highest BCUT2D eigenvalue weighted by molar-refractivity contribution is 5.36. The van der Waals surface area contributed by atoms with Gasteiger partial charge < -0.3 is 10.8 Å². The number of phenolic OH excluding ortho intramolecular Hbond substituents is 1. The highest BCUT2D eigenvalue weighted by atomic mass is 16.3. The van der Waals surface area contributed by atoms with E-state index in [0.29, 0.717) is 12.3 Å². The molecule has 0 aliphatic carbocycles. The molecule has 0 spiro atoms. The molecule has 14 heavy (non-hydrogen) atoms. The lowest BCUT2D eigenvalue weighted by Gasteiger charge is -2.30. The second kappa shape index (κ2) is 3.98. The first-order chi connectivity index (χ1) is 6.79. The lowest BCUT2D eigenvalue weighted by molar-refractivity contribution is 0.172. The Kier molecular flexibility index (Phi) is 2.70. The molecule has 0 atom stereocenters. The van der Waals surface area contributed by atoms with Crippen LogP contribution in [0.5, 0.6) is 5.75 Å². The molecule has 1 aliphatic heterocycles. The van der Waals surface area contributed by atoms with Gasteiger partial charge in [-0.2, -0.15) is 0 Å². The van der Waals surface area contributed by atoms with Crippen LogP contribution in [-0.4, -0.2) is 23.1 Å². The molecule has 1 aliphatic rings. The first-order valence-corrected chi connectivity index (χ1v) is 5.03. The van der Waals surface area contributed by atoms with Crippen molar-refractivity contribution in [1.82, 2.24) is 4.90 Å². The van der Waals surface area contributed by atoms with E-state index in [2.05, 4.69) is 4.90 Å². The van der Waals surface area contributed by atoms with Crippen molar-refractivity contribution in [2.75, 3.05) is 13.1 Å². The van der Waals surface area contributed by atoms with Gasteiger partial charge in [-0.25, -0.2) is 0 Å². The van der Waals surface area contributed by atoms with Crippen molar-refractivity contribution in [3.05, 3.63) is 29.3 Å². The number of nitrogens with two attached hydrogens (primary N) is 1. The van der Waals surface area contributed by atoms with E-state index in [9.17, 15) is 5.11 Å². The first-order valence-electron chi connectivity index (χ1n) is 5.03. The average molecular weight is 192 g/mol. The first kappa shape index (κ1) is 9.49. The maximum absolute atomic E-state index is 9.45. The van der Waals surface area contributed by atoms with Crippen LogP contribution in [0.3, 0.4) is 0 Å². The Balaban J connectivity index is 2.09. The molecule has 0 saturated carbocycles. The van der Waals surface area contributed by atoms with E-state index in [1.807, 2.05) is 12.1 Å². The van der Waals surface area contributed by atoms with E-state index in [0.717, 1.165) is 12.1 Å². The van der Waals surface area contributed by atoms with Crippen LogP contribution < -0.4 is 5.73 Å². The Morgan fingerprint density at radius 2 is 2.14 bits per heavy atom. The predicted molar refractivity (Wildman–Crippen MR) is 55.9 cm³/mol. The van der Waals surface area contributed by atoms with Gasteiger partial charge in [0.1, 0.15) is 5.75 Å². The summed E-state index contributed by atoms with van der Waals surface area (Å²) in [6.07, 6.45) is 1.31. The van der Waals surface area contributed by atoms with Crippen LogP contribution >= 0.6 is 0 Å². The molecule has 76 valence electrons. The Bertz CT molecular complexity index is 321. The molecule has 2 rings (SSSR count). The van der Waals surface area contributed by atoms with Crippen molar-refractivity contribution in [1.29, 1.82) is 0 Å². The molecule has 1 heterocycles. The SMILES string of the molecule is NCc1cc(CN2CCC2)ccc1O. The van der Waals surface area contributed by atoms with Crippen LogP contribution in [0.2, 0.25) is 0 Å². The van der Waals surface area contributed by atoms with Crippen molar-refractivity contribution < 1.29 is 5.11 Å². The van der Waals surface area contributed by atoms with Crippen molar-refractivity contribution in [3.63, 3.8) is 0 Å². The van der Waals surface area contributed by atoms with Crippen LogP contribution in [0.1, 0.15) is 17.5 Å². The molecule has 1 saturated heterocycles. The van der Waals surface area contributed by atoms with E-state index < -0.39 is 0 Å². The number of hydrogen-bond acceptors (Lipinski definition) is 3. The van der Waals surface area contributed by atoms with Gasteiger partial charge in [0.2, 0.25) is 0 Å². The second-order valence-electron chi connectivity index (χ2n) is 3.80. The standard InChI is InChI=1S/C11H16N2O/c12-7-10-6-9(2-3-11(10)14)8-13-4-1-5-13/h2-3,6,14H,1,4-5,7-8,12H2. The summed E-state index contributed by atoms with van der Waals surface area (Å²) in [5.41, 5.74) is 7.60. The summed E-state index contributed by atoms with van der Waals surface area (Å²) in [6.45, 7) is 3.77. The zero-order valence-electron chi connectivity index (χ0n) is 8.24. The zero-order valence-corrected chi connectivity index (χ0v) is 8.24. The van der Waals surface area contributed by atoms with Crippen LogP contribution in [-0.2, 0) is 13.1 Å². The minimum absolute atomic E-state index is 0.305. The van der Waals surface area contributed by atoms with Gasteiger partial charge in [0, 0.05) is 18.7 Å². The predicted octanol–water partition coefficient (Wildman–Crippen LogP) is 1.06. The van der Waals surface area contributed by atoms with Gasteiger partial charge in [-0.3, -0.25) is 4.90 Å². The van der Waals surface area contributed by atoms with Gasteiger partial charge in [0.15, 0.2) is 0 Å². The highest BCUT2D eigenvalue weighted by Gasteiger charge is 2.14. The quantitative estimate of drug-likeness (QED) is 0.752. The lowest BCUT2D eigenvalue weighted by atomic mass is 10.1. The molecule has 0 radical (unpaired) electrons. The second-order valence-corrected chi connectivity index (χ2v) is 3.80. The fraction of sp³-hybridized carbons (Fsp3) is 0.455. The van der Waals surface area contributed by atoms with E-state index in [4.69, 9.17) is 5.73 Å². The summed E-state index contributed by atoms with van der Waals surface area (Å²) >= 11 is 0. The van der Waals surface area contributed by atoms with Gasteiger partial charge in [0.25, 0.3) is 0 Å². The van der Waals surface area contributed by atoms with Gasteiger partial charge >= 0.3 is 0 Å². The third kappa shape index (κ3) is 1.89. The molecule has 1 aromatic carbocycles. The Labute approximate surface area is 84.1 Å². The molecule has 1 fully saturated rings. The summed E-state index contributed by atoms with van der Waals surface area (Å²) in [5, 5.41) is 9.45. The van der Waals surface area contributed by atoms with Crippen molar-refractivity contribution in [2.24, 2.45) is 5.73 Å². The van der Waals surface area contributed by atoms with Crippen molar-refractivity contribution in [3.8, 4) is 5.75 Å². The minimum Gasteiger partial charge on any atom is -0.508 e. The third-order valence-corrected chi connectivity index (χ3v) is 2.72. The number of nitrogens with zero attached hydrogens (tertiary/aromatic N) is 1. The highest BCUT2D eigenvalue weighted by Crippen LogP contribution is 2.20. The van der Waals surface area contributed by atoms with Crippen molar-refractivity contribution in [2.45, 2.75) is 19.5 Å². The average Bonchev–Trinajstić information content (AvgIpc) is 2.14. The topological polar surface area (TPSA) is 49.5 Å². The smallest absolute Gasteiger partial charge is 0.120 e. The summed E-state index contributed by atoms with van der Waals surface area (Å²) in [4.78, 5) is 2.38. The Morgan fingerprint density at radius 3 is 2.71 bits per heavy atom. The molecule has 3 N–H and O–H groups in total. The number of phenols is 1. The Morgan fingerprint density at radius 1 is 1.36 bits per heavy atom. The minimum atomic E-state index is 0.305. The molecule has 1 aromatic rings. The van der Waals surface area contributed by atoms with Gasteiger partial charge in [-0.15, -0.1) is 0 Å². The largest absolute Gasteiger partial charge is 0.508 e. The van der Waals surface area contributed by atoms with E-state index in [1.165, 1.54) is 25.1 Å². The molecule has 0 bridgehead atoms. The van der Waals surface area contributed by atoms with Crippen LogP contribution in [0.15, 0.2) is 18.2 Å². The number of aromatic hydroxyl groups is 1. The molecule has 0 aromatic heterocycles. The van der Waals surface area contributed by atoms with Gasteiger partial charge in [-0.1, -0.05) is 6.07 Å². The maximum atomic E-state index is 9.45. The Hall–Kier alpha value is -1.06. The summed E-state index contributed by atoms with van der Waals surface area (Å²) < 4.78 is 0.